The molecule has 0 spiro atoms. The highest BCUT2D eigenvalue weighted by Gasteiger charge is 2.29. The molecule has 2 nitrogen and oxygen atoms in total. The van der Waals surface area contributed by atoms with Gasteiger partial charge in [0.25, 0.3) is 0 Å². The van der Waals surface area contributed by atoms with Crippen LogP contribution in [0.1, 0.15) is 72.6 Å². The first-order chi connectivity index (χ1) is 7.99. The maximum Gasteiger partial charge on any atom is 0.311 e. The van der Waals surface area contributed by atoms with Crippen molar-refractivity contribution in [2.24, 2.45) is 5.92 Å². The van der Waals surface area contributed by atoms with Crippen LogP contribution in [0.25, 0.3) is 0 Å². The van der Waals surface area contributed by atoms with Gasteiger partial charge >= 0.3 is 5.78 Å². The zero-order chi connectivity index (χ0) is 13.3. The van der Waals surface area contributed by atoms with Gasteiger partial charge in [-0.25, -0.2) is 4.79 Å². The van der Waals surface area contributed by atoms with Crippen molar-refractivity contribution < 1.29 is 9.90 Å². The monoisotopic (exact) mass is 241 g/mol. The molecule has 0 heterocycles. The topological polar surface area (TPSA) is 37.3 Å². The van der Waals surface area contributed by atoms with Crippen molar-refractivity contribution >= 4 is 5.78 Å². The molecule has 2 unspecified atom stereocenters. The molecule has 0 rings (SSSR count). The number of rotatable bonds is 10. The van der Waals surface area contributed by atoms with Gasteiger partial charge in [-0.15, -0.1) is 0 Å². The molecule has 0 aromatic carbocycles. The Morgan fingerprint density at radius 2 is 1.76 bits per heavy atom. The molecule has 0 saturated carbocycles. The second-order valence-corrected chi connectivity index (χ2v) is 5.34. The summed E-state index contributed by atoms with van der Waals surface area (Å²) in [6.45, 7) is 7.77. The van der Waals surface area contributed by atoms with Crippen LogP contribution in [-0.2, 0) is 4.79 Å². The highest BCUT2D eigenvalue weighted by atomic mass is 16.3. The lowest BCUT2D eigenvalue weighted by Crippen LogP contribution is -2.20. The number of hydrogen-bond acceptors (Lipinski definition) is 2. The summed E-state index contributed by atoms with van der Waals surface area (Å²) in [5.74, 6) is 1.32. The van der Waals surface area contributed by atoms with Gasteiger partial charge < -0.3 is 5.11 Å². The lowest BCUT2D eigenvalue weighted by molar-refractivity contribution is -0.121. The molecule has 2 heteroatoms. The molecule has 0 saturated heterocycles. The van der Waals surface area contributed by atoms with E-state index in [9.17, 15) is 9.90 Å². The molecular formula is C15H29O2+. The molecule has 0 aliphatic heterocycles. The Hall–Kier alpha value is -0.500. The zero-order valence-corrected chi connectivity index (χ0v) is 12.0. The standard InChI is InChI=1S/C15H29O2/c1-5-6-7-8-9-14(11-10-13(4)16)15(17)12(2)3/h13-14,16H,5-11H2,1-4H3/q+1. The van der Waals surface area contributed by atoms with Gasteiger partial charge in [-0.3, -0.25) is 0 Å². The first-order valence-electron chi connectivity index (χ1n) is 7.01. The van der Waals surface area contributed by atoms with Gasteiger partial charge in [0, 0.05) is 0 Å². The summed E-state index contributed by atoms with van der Waals surface area (Å²) in [6, 6.07) is 0. The Morgan fingerprint density at radius 3 is 2.24 bits per heavy atom. The average Bonchev–Trinajstić information content (AvgIpc) is 2.26. The predicted octanol–water partition coefficient (Wildman–Crippen LogP) is 3.92. The molecule has 0 aromatic rings. The van der Waals surface area contributed by atoms with Gasteiger partial charge in [-0.1, -0.05) is 32.6 Å². The third-order valence-corrected chi connectivity index (χ3v) is 3.20. The van der Waals surface area contributed by atoms with Crippen LogP contribution < -0.4 is 0 Å². The van der Waals surface area contributed by atoms with Gasteiger partial charge in [0.2, 0.25) is 0 Å². The van der Waals surface area contributed by atoms with Crippen molar-refractivity contribution in [3.05, 3.63) is 5.92 Å². The SMILES string of the molecule is CCCCCCC(CCC(C)O)C(=O)[C+](C)C. The maximum atomic E-state index is 12.0. The van der Waals surface area contributed by atoms with Crippen molar-refractivity contribution in [3.8, 4) is 0 Å². The second kappa shape index (κ2) is 9.52. The number of ketones is 1. The number of carbonyl (C=O) groups excluding carboxylic acids is 1. The summed E-state index contributed by atoms with van der Waals surface area (Å²) in [7, 11) is 0. The number of Topliss-reactive ketones (excluding diaryl/α,β-unsaturated/α-hetero) is 1. The zero-order valence-electron chi connectivity index (χ0n) is 12.0. The van der Waals surface area contributed by atoms with Gasteiger partial charge in [-0.05, 0) is 26.2 Å². The molecule has 0 fully saturated rings. The predicted molar refractivity (Wildman–Crippen MR) is 72.8 cm³/mol. The van der Waals surface area contributed by atoms with Crippen LogP contribution in [0.15, 0.2) is 0 Å². The van der Waals surface area contributed by atoms with E-state index in [-0.39, 0.29) is 12.0 Å². The summed E-state index contributed by atoms with van der Waals surface area (Å²) >= 11 is 0. The van der Waals surface area contributed by atoms with E-state index in [1.807, 2.05) is 13.8 Å². The second-order valence-electron chi connectivity index (χ2n) is 5.34. The van der Waals surface area contributed by atoms with Crippen LogP contribution in [0, 0.1) is 11.8 Å². The van der Waals surface area contributed by atoms with Gasteiger partial charge in [-0.2, -0.15) is 0 Å². The molecule has 0 amide bonds. The Bertz CT molecular complexity index is 197. The third-order valence-electron chi connectivity index (χ3n) is 3.20. The average molecular weight is 241 g/mol. The van der Waals surface area contributed by atoms with Crippen molar-refractivity contribution in [3.63, 3.8) is 0 Å². The molecule has 2 atom stereocenters. The minimum Gasteiger partial charge on any atom is -0.393 e. The number of carbonyl (C=O) groups is 1. The third kappa shape index (κ3) is 8.25. The Kier molecular flexibility index (Phi) is 9.24. The minimum absolute atomic E-state index is 0.131. The molecule has 0 aromatic heterocycles. The van der Waals surface area contributed by atoms with Crippen LogP contribution in [0.2, 0.25) is 0 Å². The minimum atomic E-state index is -0.293. The van der Waals surface area contributed by atoms with Gasteiger partial charge in [0.05, 0.1) is 25.9 Å². The first kappa shape index (κ1) is 16.5. The number of aliphatic hydroxyl groups is 1. The molecule has 100 valence electrons. The van der Waals surface area contributed by atoms with E-state index in [0.29, 0.717) is 5.78 Å². The maximum absolute atomic E-state index is 12.0. The van der Waals surface area contributed by atoms with E-state index in [2.05, 4.69) is 6.92 Å². The van der Waals surface area contributed by atoms with E-state index < -0.39 is 0 Å². The number of hydrogen-bond donors (Lipinski definition) is 1. The molecule has 1 N–H and O–H groups in total. The van der Waals surface area contributed by atoms with E-state index in [1.54, 1.807) is 6.92 Å². The van der Waals surface area contributed by atoms with E-state index in [0.717, 1.165) is 31.6 Å². The summed E-state index contributed by atoms with van der Waals surface area (Å²) in [4.78, 5) is 12.0. The van der Waals surface area contributed by atoms with Crippen LogP contribution in [0.4, 0.5) is 0 Å². The molecule has 0 aliphatic carbocycles. The van der Waals surface area contributed by atoms with Crippen molar-refractivity contribution in [1.29, 1.82) is 0 Å². The van der Waals surface area contributed by atoms with E-state index in [4.69, 9.17) is 0 Å². The van der Waals surface area contributed by atoms with Crippen LogP contribution in [0.5, 0.6) is 0 Å². The Morgan fingerprint density at radius 1 is 1.12 bits per heavy atom. The normalized spacial score (nSPS) is 14.4. The molecule has 0 bridgehead atoms. The Balaban J connectivity index is 4.06. The quantitative estimate of drug-likeness (QED) is 0.465. The highest BCUT2D eigenvalue weighted by Crippen LogP contribution is 2.22. The lowest BCUT2D eigenvalue weighted by atomic mass is 9.86. The van der Waals surface area contributed by atoms with Crippen molar-refractivity contribution in [1.82, 2.24) is 0 Å². The van der Waals surface area contributed by atoms with E-state index >= 15 is 0 Å². The van der Waals surface area contributed by atoms with Crippen LogP contribution >= 0.6 is 0 Å². The fourth-order valence-electron chi connectivity index (χ4n) is 2.07. The summed E-state index contributed by atoms with van der Waals surface area (Å²) < 4.78 is 0. The molecule has 0 aliphatic rings. The first-order valence-corrected chi connectivity index (χ1v) is 7.01. The fraction of sp³-hybridized carbons (Fsp3) is 0.867. The highest BCUT2D eigenvalue weighted by molar-refractivity contribution is 5.92. The molecule has 0 radical (unpaired) electrons. The Labute approximate surface area is 107 Å². The summed E-state index contributed by atoms with van der Waals surface area (Å²) in [5, 5.41) is 9.31. The summed E-state index contributed by atoms with van der Waals surface area (Å²) in [6.07, 6.45) is 7.09. The summed E-state index contributed by atoms with van der Waals surface area (Å²) in [5.41, 5.74) is 0. The largest absolute Gasteiger partial charge is 0.393 e. The number of aliphatic hydroxyl groups excluding tert-OH is 1. The smallest absolute Gasteiger partial charge is 0.311 e. The van der Waals surface area contributed by atoms with Crippen LogP contribution in [-0.4, -0.2) is 17.0 Å². The number of unbranched alkanes of at least 4 members (excludes halogenated alkanes) is 3. The van der Waals surface area contributed by atoms with Crippen molar-refractivity contribution in [2.45, 2.75) is 78.7 Å². The lowest BCUT2D eigenvalue weighted by Gasteiger charge is -2.13. The van der Waals surface area contributed by atoms with Gasteiger partial charge in [0.15, 0.2) is 5.92 Å². The fourth-order valence-corrected chi connectivity index (χ4v) is 2.07. The van der Waals surface area contributed by atoms with Crippen molar-refractivity contribution in [2.75, 3.05) is 0 Å². The van der Waals surface area contributed by atoms with Gasteiger partial charge in [0.1, 0.15) is 0 Å². The van der Waals surface area contributed by atoms with E-state index in [1.165, 1.54) is 19.3 Å². The van der Waals surface area contributed by atoms with Crippen LogP contribution in [0.3, 0.4) is 0 Å². The molecule has 17 heavy (non-hydrogen) atoms. The molecular weight excluding hydrogens is 212 g/mol.